The molecular formula is C11H16N2S. The molecule has 0 aliphatic heterocycles. The molecule has 1 aromatic rings. The first-order valence-corrected chi connectivity index (χ1v) is 5.67. The van der Waals surface area contributed by atoms with Crippen molar-refractivity contribution in [3.05, 3.63) is 21.9 Å². The Labute approximate surface area is 89.6 Å². The van der Waals surface area contributed by atoms with E-state index in [1.165, 1.54) is 4.88 Å². The first-order valence-electron chi connectivity index (χ1n) is 4.85. The van der Waals surface area contributed by atoms with E-state index in [9.17, 15) is 0 Å². The van der Waals surface area contributed by atoms with Crippen LogP contribution in [-0.2, 0) is 6.54 Å². The Morgan fingerprint density at radius 2 is 2.14 bits per heavy atom. The molecule has 1 aromatic heterocycles. The monoisotopic (exact) mass is 208 g/mol. The molecule has 0 bridgehead atoms. The normalized spacial score (nSPS) is 12.8. The van der Waals surface area contributed by atoms with Gasteiger partial charge in [-0.1, -0.05) is 13.8 Å². The fourth-order valence-corrected chi connectivity index (χ4v) is 1.79. The number of nitriles is 1. The lowest BCUT2D eigenvalue weighted by molar-refractivity contribution is 0.428. The van der Waals surface area contributed by atoms with Crippen molar-refractivity contribution in [2.24, 2.45) is 5.92 Å². The largest absolute Gasteiger partial charge is 0.309 e. The van der Waals surface area contributed by atoms with E-state index in [-0.39, 0.29) is 0 Å². The smallest absolute Gasteiger partial charge is 0.110 e. The lowest BCUT2D eigenvalue weighted by Crippen LogP contribution is -2.29. The Morgan fingerprint density at radius 1 is 1.43 bits per heavy atom. The average Bonchev–Trinajstić information content (AvgIpc) is 2.61. The van der Waals surface area contributed by atoms with Crippen LogP contribution in [0.15, 0.2) is 12.1 Å². The molecule has 0 radical (unpaired) electrons. The van der Waals surface area contributed by atoms with Crippen LogP contribution in [0.5, 0.6) is 0 Å². The van der Waals surface area contributed by atoms with Gasteiger partial charge in [-0.25, -0.2) is 0 Å². The van der Waals surface area contributed by atoms with Crippen molar-refractivity contribution in [2.75, 3.05) is 0 Å². The third-order valence-electron chi connectivity index (χ3n) is 2.37. The summed E-state index contributed by atoms with van der Waals surface area (Å²) in [5.41, 5.74) is 0. The van der Waals surface area contributed by atoms with Crippen molar-refractivity contribution in [3.63, 3.8) is 0 Å². The van der Waals surface area contributed by atoms with E-state index in [1.54, 1.807) is 11.3 Å². The topological polar surface area (TPSA) is 35.8 Å². The molecule has 1 rings (SSSR count). The van der Waals surface area contributed by atoms with Crippen LogP contribution in [0.1, 0.15) is 30.5 Å². The van der Waals surface area contributed by atoms with Crippen LogP contribution in [-0.4, -0.2) is 6.04 Å². The zero-order valence-electron chi connectivity index (χ0n) is 8.87. The molecule has 0 saturated carbocycles. The highest BCUT2D eigenvalue weighted by atomic mass is 32.1. The van der Waals surface area contributed by atoms with Gasteiger partial charge in [0.2, 0.25) is 0 Å². The van der Waals surface area contributed by atoms with Crippen LogP contribution in [0.4, 0.5) is 0 Å². The van der Waals surface area contributed by atoms with Gasteiger partial charge in [0.1, 0.15) is 10.9 Å². The van der Waals surface area contributed by atoms with E-state index < -0.39 is 0 Å². The highest BCUT2D eigenvalue weighted by Crippen LogP contribution is 2.15. The molecule has 1 unspecified atom stereocenters. The van der Waals surface area contributed by atoms with Gasteiger partial charge in [-0.2, -0.15) is 5.26 Å². The summed E-state index contributed by atoms with van der Waals surface area (Å²) in [6.45, 7) is 7.45. The minimum Gasteiger partial charge on any atom is -0.309 e. The van der Waals surface area contributed by atoms with E-state index in [0.29, 0.717) is 12.0 Å². The van der Waals surface area contributed by atoms with E-state index in [2.05, 4.69) is 32.2 Å². The SMILES string of the molecule is CC(C)C(C)NCc1ccc(C#N)s1. The van der Waals surface area contributed by atoms with Crippen LogP contribution in [0.3, 0.4) is 0 Å². The molecular weight excluding hydrogens is 192 g/mol. The van der Waals surface area contributed by atoms with E-state index in [0.717, 1.165) is 11.4 Å². The Morgan fingerprint density at radius 3 is 2.64 bits per heavy atom. The molecule has 1 atom stereocenters. The summed E-state index contributed by atoms with van der Waals surface area (Å²) in [6.07, 6.45) is 0. The maximum absolute atomic E-state index is 8.66. The second-order valence-corrected chi connectivity index (χ2v) is 4.96. The minimum absolute atomic E-state index is 0.516. The summed E-state index contributed by atoms with van der Waals surface area (Å²) in [6, 6.07) is 6.56. The molecule has 0 spiro atoms. The fraction of sp³-hybridized carbons (Fsp3) is 0.545. The summed E-state index contributed by atoms with van der Waals surface area (Å²) >= 11 is 1.56. The Bertz CT molecular complexity index is 322. The molecule has 3 heteroatoms. The van der Waals surface area contributed by atoms with E-state index in [4.69, 9.17) is 5.26 Å². The fourth-order valence-electron chi connectivity index (χ4n) is 1.03. The zero-order valence-corrected chi connectivity index (χ0v) is 9.69. The van der Waals surface area contributed by atoms with Gasteiger partial charge in [0.05, 0.1) is 0 Å². The molecule has 0 saturated heterocycles. The zero-order chi connectivity index (χ0) is 10.6. The number of nitrogens with one attached hydrogen (secondary N) is 1. The van der Waals surface area contributed by atoms with Crippen LogP contribution in [0.25, 0.3) is 0 Å². The quantitative estimate of drug-likeness (QED) is 0.826. The second-order valence-electron chi connectivity index (χ2n) is 3.79. The number of hydrogen-bond donors (Lipinski definition) is 1. The third-order valence-corrected chi connectivity index (χ3v) is 3.36. The lowest BCUT2D eigenvalue weighted by Gasteiger charge is -2.16. The van der Waals surface area contributed by atoms with Gasteiger partial charge in [0.25, 0.3) is 0 Å². The maximum atomic E-state index is 8.66. The van der Waals surface area contributed by atoms with E-state index in [1.807, 2.05) is 12.1 Å². The van der Waals surface area contributed by atoms with Crippen LogP contribution >= 0.6 is 11.3 Å². The number of hydrogen-bond acceptors (Lipinski definition) is 3. The van der Waals surface area contributed by atoms with Crippen molar-refractivity contribution >= 4 is 11.3 Å². The predicted molar refractivity (Wildman–Crippen MR) is 60.2 cm³/mol. The van der Waals surface area contributed by atoms with Crippen molar-refractivity contribution in [1.82, 2.24) is 5.32 Å². The maximum Gasteiger partial charge on any atom is 0.110 e. The molecule has 0 aliphatic rings. The average molecular weight is 208 g/mol. The number of rotatable bonds is 4. The summed E-state index contributed by atoms with van der Waals surface area (Å²) in [7, 11) is 0. The summed E-state index contributed by atoms with van der Waals surface area (Å²) in [5.74, 6) is 0.644. The first kappa shape index (κ1) is 11.2. The first-order chi connectivity index (χ1) is 6.63. The molecule has 1 N–H and O–H groups in total. The van der Waals surface area contributed by atoms with Crippen LogP contribution < -0.4 is 5.32 Å². The van der Waals surface area contributed by atoms with Crippen molar-refractivity contribution in [3.8, 4) is 6.07 Å². The molecule has 2 nitrogen and oxygen atoms in total. The van der Waals surface area contributed by atoms with Gasteiger partial charge >= 0.3 is 0 Å². The van der Waals surface area contributed by atoms with Gasteiger partial charge in [-0.3, -0.25) is 0 Å². The van der Waals surface area contributed by atoms with Gasteiger partial charge in [-0.15, -0.1) is 11.3 Å². The second kappa shape index (κ2) is 5.14. The Kier molecular flexibility index (Phi) is 4.12. The highest BCUT2D eigenvalue weighted by molar-refractivity contribution is 7.12. The Balaban J connectivity index is 2.42. The molecule has 0 aromatic carbocycles. The standard InChI is InChI=1S/C11H16N2S/c1-8(2)9(3)13-7-11-5-4-10(6-12)14-11/h4-5,8-9,13H,7H2,1-3H3. The van der Waals surface area contributed by atoms with Crippen molar-refractivity contribution in [1.29, 1.82) is 5.26 Å². The third kappa shape index (κ3) is 3.13. The Hall–Kier alpha value is -0.850. The number of thiophene rings is 1. The van der Waals surface area contributed by atoms with Crippen molar-refractivity contribution < 1.29 is 0 Å². The number of nitrogens with zero attached hydrogens (tertiary/aromatic N) is 1. The predicted octanol–water partition coefficient (Wildman–Crippen LogP) is 2.75. The molecule has 0 aliphatic carbocycles. The van der Waals surface area contributed by atoms with E-state index >= 15 is 0 Å². The molecule has 76 valence electrons. The van der Waals surface area contributed by atoms with Gasteiger partial charge in [0, 0.05) is 17.5 Å². The van der Waals surface area contributed by atoms with Gasteiger partial charge in [0.15, 0.2) is 0 Å². The van der Waals surface area contributed by atoms with Gasteiger partial charge in [-0.05, 0) is 25.0 Å². The molecule has 1 heterocycles. The molecule has 14 heavy (non-hydrogen) atoms. The molecule has 0 amide bonds. The van der Waals surface area contributed by atoms with Gasteiger partial charge < -0.3 is 5.32 Å². The van der Waals surface area contributed by atoms with Crippen LogP contribution in [0, 0.1) is 17.2 Å². The summed E-state index contributed by atoms with van der Waals surface area (Å²) < 4.78 is 0. The summed E-state index contributed by atoms with van der Waals surface area (Å²) in [5, 5.41) is 12.1. The van der Waals surface area contributed by atoms with Crippen molar-refractivity contribution in [2.45, 2.75) is 33.4 Å². The van der Waals surface area contributed by atoms with Crippen LogP contribution in [0.2, 0.25) is 0 Å². The highest BCUT2D eigenvalue weighted by Gasteiger charge is 2.06. The lowest BCUT2D eigenvalue weighted by atomic mass is 10.1. The minimum atomic E-state index is 0.516. The summed E-state index contributed by atoms with van der Waals surface area (Å²) in [4.78, 5) is 2.02. The molecule has 0 fully saturated rings.